The number of carbonyl (C=O) groups excluding carboxylic acids is 2. The molecule has 15 heavy (non-hydrogen) atoms. The summed E-state index contributed by atoms with van der Waals surface area (Å²) in [5, 5.41) is 18.4. The molecule has 0 saturated heterocycles. The predicted octanol–water partition coefficient (Wildman–Crippen LogP) is -0.777. The molecule has 0 aromatic heterocycles. The summed E-state index contributed by atoms with van der Waals surface area (Å²) in [4.78, 5) is 22.0. The molecule has 0 rings (SSSR count). The molecule has 0 heterocycles. The van der Waals surface area contributed by atoms with Gasteiger partial charge in [0.2, 0.25) is 0 Å². The number of aliphatic hydroxyl groups is 2. The topological polar surface area (TPSA) is 93.1 Å². The summed E-state index contributed by atoms with van der Waals surface area (Å²) in [6.07, 6.45) is -3.86. The van der Waals surface area contributed by atoms with Crippen molar-refractivity contribution in [3.8, 4) is 0 Å². The molecule has 2 N–H and O–H groups in total. The smallest absolute Gasteiger partial charge is 0.338 e. The van der Waals surface area contributed by atoms with Gasteiger partial charge in [-0.3, -0.25) is 0 Å². The summed E-state index contributed by atoms with van der Waals surface area (Å²) >= 11 is 0. The fourth-order valence-corrected chi connectivity index (χ4v) is 0.741. The second-order valence-electron chi connectivity index (χ2n) is 3.95. The first-order valence-electron chi connectivity index (χ1n) is 4.36. The van der Waals surface area contributed by atoms with Crippen molar-refractivity contribution in [2.75, 3.05) is 7.11 Å². The van der Waals surface area contributed by atoms with E-state index in [1.54, 1.807) is 20.8 Å². The number of esters is 2. The number of hydrogen-bond acceptors (Lipinski definition) is 6. The number of carbonyl (C=O) groups is 2. The lowest BCUT2D eigenvalue weighted by Gasteiger charge is -2.22. The molecular formula is C9H16O6. The minimum atomic E-state index is -1.93. The Balaban J connectivity index is 4.39. The third-order valence-electron chi connectivity index (χ3n) is 1.39. The average Bonchev–Trinajstić information content (AvgIpc) is 2.11. The Bertz CT molecular complexity index is 241. The van der Waals surface area contributed by atoms with Crippen molar-refractivity contribution in [2.24, 2.45) is 0 Å². The summed E-state index contributed by atoms with van der Waals surface area (Å²) < 4.78 is 8.92. The molecule has 88 valence electrons. The van der Waals surface area contributed by atoms with E-state index < -0.39 is 29.7 Å². The van der Waals surface area contributed by atoms with E-state index in [2.05, 4.69) is 4.74 Å². The van der Waals surface area contributed by atoms with E-state index in [4.69, 9.17) is 9.84 Å². The van der Waals surface area contributed by atoms with Gasteiger partial charge in [-0.15, -0.1) is 0 Å². The lowest BCUT2D eigenvalue weighted by Crippen LogP contribution is -2.43. The molecule has 0 saturated carbocycles. The highest BCUT2D eigenvalue weighted by atomic mass is 16.6. The molecule has 0 fully saturated rings. The standard InChI is InChI=1S/C9H16O6/c1-9(2,3)15-8(13)6(11)5(10)7(12)14-4/h5-6,10-11H,1-4H3/t5-,6-/m1/s1. The van der Waals surface area contributed by atoms with Crippen LogP contribution in [-0.2, 0) is 19.1 Å². The van der Waals surface area contributed by atoms with Gasteiger partial charge in [0, 0.05) is 0 Å². The number of ether oxygens (including phenoxy) is 2. The van der Waals surface area contributed by atoms with E-state index in [0.717, 1.165) is 7.11 Å². The molecule has 0 aromatic rings. The van der Waals surface area contributed by atoms with Gasteiger partial charge in [0.1, 0.15) is 5.60 Å². The lowest BCUT2D eigenvalue weighted by atomic mass is 10.1. The molecule has 0 bridgehead atoms. The predicted molar refractivity (Wildman–Crippen MR) is 49.9 cm³/mol. The van der Waals surface area contributed by atoms with Crippen LogP contribution in [0.25, 0.3) is 0 Å². The highest BCUT2D eigenvalue weighted by Gasteiger charge is 2.34. The Hall–Kier alpha value is -1.14. The van der Waals surface area contributed by atoms with Crippen LogP contribution in [0, 0.1) is 0 Å². The summed E-state index contributed by atoms with van der Waals surface area (Å²) in [5.74, 6) is -2.16. The summed E-state index contributed by atoms with van der Waals surface area (Å²) in [6.45, 7) is 4.80. The molecule has 2 atom stereocenters. The largest absolute Gasteiger partial charge is 0.467 e. The van der Waals surface area contributed by atoms with Crippen molar-refractivity contribution in [3.05, 3.63) is 0 Å². The van der Waals surface area contributed by atoms with Gasteiger partial charge in [0.25, 0.3) is 0 Å². The van der Waals surface area contributed by atoms with Gasteiger partial charge in [-0.05, 0) is 20.8 Å². The van der Waals surface area contributed by atoms with Gasteiger partial charge in [-0.1, -0.05) is 0 Å². The Morgan fingerprint density at radius 1 is 1.07 bits per heavy atom. The fraction of sp³-hybridized carbons (Fsp3) is 0.778. The highest BCUT2D eigenvalue weighted by Crippen LogP contribution is 2.10. The zero-order valence-electron chi connectivity index (χ0n) is 9.18. The number of aliphatic hydroxyl groups excluding tert-OH is 2. The van der Waals surface area contributed by atoms with Crippen LogP contribution < -0.4 is 0 Å². The Morgan fingerprint density at radius 2 is 1.47 bits per heavy atom. The maximum Gasteiger partial charge on any atom is 0.338 e. The van der Waals surface area contributed by atoms with Crippen molar-refractivity contribution < 1.29 is 29.3 Å². The first kappa shape index (κ1) is 13.9. The third-order valence-corrected chi connectivity index (χ3v) is 1.39. The fourth-order valence-electron chi connectivity index (χ4n) is 0.741. The van der Waals surface area contributed by atoms with Gasteiger partial charge in [-0.2, -0.15) is 0 Å². The van der Waals surface area contributed by atoms with Crippen molar-refractivity contribution in [1.29, 1.82) is 0 Å². The molecule has 0 aromatic carbocycles. The summed E-state index contributed by atoms with van der Waals surface area (Å²) in [6, 6.07) is 0. The molecular weight excluding hydrogens is 204 g/mol. The normalized spacial score (nSPS) is 15.3. The molecule has 0 spiro atoms. The molecule has 0 radical (unpaired) electrons. The summed E-state index contributed by atoms with van der Waals surface area (Å²) in [7, 11) is 1.04. The molecule has 0 aliphatic heterocycles. The molecule has 0 aliphatic rings. The monoisotopic (exact) mass is 220 g/mol. The second-order valence-corrected chi connectivity index (χ2v) is 3.95. The van der Waals surface area contributed by atoms with Gasteiger partial charge >= 0.3 is 11.9 Å². The van der Waals surface area contributed by atoms with Crippen LogP contribution in [0.3, 0.4) is 0 Å². The van der Waals surface area contributed by atoms with Gasteiger partial charge in [0.15, 0.2) is 12.2 Å². The van der Waals surface area contributed by atoms with Crippen LogP contribution in [0.2, 0.25) is 0 Å². The molecule has 0 amide bonds. The first-order valence-corrected chi connectivity index (χ1v) is 4.36. The van der Waals surface area contributed by atoms with E-state index in [1.165, 1.54) is 0 Å². The SMILES string of the molecule is COC(=O)[C@H](O)[C@@H](O)C(=O)OC(C)(C)C. The van der Waals surface area contributed by atoms with Crippen LogP contribution >= 0.6 is 0 Å². The van der Waals surface area contributed by atoms with Crippen LogP contribution in [0.15, 0.2) is 0 Å². The van der Waals surface area contributed by atoms with Crippen LogP contribution in [0.5, 0.6) is 0 Å². The van der Waals surface area contributed by atoms with E-state index in [-0.39, 0.29) is 0 Å². The van der Waals surface area contributed by atoms with Gasteiger partial charge < -0.3 is 19.7 Å². The molecule has 6 heteroatoms. The maximum absolute atomic E-state index is 11.2. The van der Waals surface area contributed by atoms with E-state index >= 15 is 0 Å². The number of hydrogen-bond donors (Lipinski definition) is 2. The number of rotatable bonds is 3. The zero-order valence-corrected chi connectivity index (χ0v) is 9.18. The van der Waals surface area contributed by atoms with Gasteiger partial charge in [-0.25, -0.2) is 9.59 Å². The van der Waals surface area contributed by atoms with Crippen molar-refractivity contribution >= 4 is 11.9 Å². The number of methoxy groups -OCH3 is 1. The second kappa shape index (κ2) is 5.09. The molecule has 0 unspecified atom stereocenters. The minimum Gasteiger partial charge on any atom is -0.467 e. The highest BCUT2D eigenvalue weighted by molar-refractivity contribution is 5.85. The Morgan fingerprint density at radius 3 is 1.80 bits per heavy atom. The molecule has 0 aliphatic carbocycles. The zero-order chi connectivity index (χ0) is 12.2. The Labute approximate surface area is 87.8 Å². The Kier molecular flexibility index (Phi) is 4.70. The van der Waals surface area contributed by atoms with Crippen molar-refractivity contribution in [1.82, 2.24) is 0 Å². The molecule has 6 nitrogen and oxygen atoms in total. The third kappa shape index (κ3) is 4.75. The first-order chi connectivity index (χ1) is 6.69. The van der Waals surface area contributed by atoms with Crippen molar-refractivity contribution in [2.45, 2.75) is 38.6 Å². The van der Waals surface area contributed by atoms with E-state index in [1.807, 2.05) is 0 Å². The minimum absolute atomic E-state index is 0.798. The summed E-state index contributed by atoms with van der Waals surface area (Å²) in [5.41, 5.74) is -0.798. The van der Waals surface area contributed by atoms with Crippen LogP contribution in [0.4, 0.5) is 0 Å². The average molecular weight is 220 g/mol. The van der Waals surface area contributed by atoms with E-state index in [0.29, 0.717) is 0 Å². The van der Waals surface area contributed by atoms with Crippen LogP contribution in [-0.4, -0.2) is 47.1 Å². The van der Waals surface area contributed by atoms with Crippen molar-refractivity contribution in [3.63, 3.8) is 0 Å². The van der Waals surface area contributed by atoms with E-state index in [9.17, 15) is 14.7 Å². The lowest BCUT2D eigenvalue weighted by molar-refractivity contribution is -0.178. The maximum atomic E-state index is 11.2. The quantitative estimate of drug-likeness (QED) is 0.606. The van der Waals surface area contributed by atoms with Crippen LogP contribution in [0.1, 0.15) is 20.8 Å². The van der Waals surface area contributed by atoms with Gasteiger partial charge in [0.05, 0.1) is 7.11 Å².